The van der Waals surface area contributed by atoms with E-state index in [1.807, 2.05) is 35.8 Å². The van der Waals surface area contributed by atoms with E-state index in [-0.39, 0.29) is 12.5 Å². The zero-order valence-corrected chi connectivity index (χ0v) is 8.60. The SMILES string of the molecule is CCc1nc2ccccc2n1CC(N)=O. The van der Waals surface area contributed by atoms with E-state index in [1.165, 1.54) is 0 Å². The van der Waals surface area contributed by atoms with Crippen LogP contribution >= 0.6 is 0 Å². The molecule has 0 fully saturated rings. The summed E-state index contributed by atoms with van der Waals surface area (Å²) >= 11 is 0. The number of benzene rings is 1. The van der Waals surface area contributed by atoms with Crippen LogP contribution in [0.5, 0.6) is 0 Å². The molecule has 1 aromatic carbocycles. The number of hydrogen-bond acceptors (Lipinski definition) is 2. The minimum Gasteiger partial charge on any atom is -0.368 e. The quantitative estimate of drug-likeness (QED) is 0.811. The number of rotatable bonds is 3. The first-order chi connectivity index (χ1) is 7.22. The highest BCUT2D eigenvalue weighted by Gasteiger charge is 2.09. The average molecular weight is 203 g/mol. The van der Waals surface area contributed by atoms with Crippen LogP contribution in [0.1, 0.15) is 12.7 Å². The van der Waals surface area contributed by atoms with Crippen LogP contribution in [0, 0.1) is 0 Å². The number of carbonyl (C=O) groups excluding carboxylic acids is 1. The van der Waals surface area contributed by atoms with Crippen molar-refractivity contribution in [2.24, 2.45) is 5.73 Å². The Labute approximate surface area is 87.7 Å². The van der Waals surface area contributed by atoms with E-state index >= 15 is 0 Å². The van der Waals surface area contributed by atoms with Crippen LogP contribution in [-0.2, 0) is 17.8 Å². The van der Waals surface area contributed by atoms with Gasteiger partial charge in [0.1, 0.15) is 12.4 Å². The first-order valence-corrected chi connectivity index (χ1v) is 4.95. The normalized spacial score (nSPS) is 10.7. The van der Waals surface area contributed by atoms with Crippen molar-refractivity contribution in [1.29, 1.82) is 0 Å². The van der Waals surface area contributed by atoms with Crippen LogP contribution in [0.4, 0.5) is 0 Å². The van der Waals surface area contributed by atoms with Crippen molar-refractivity contribution in [3.8, 4) is 0 Å². The monoisotopic (exact) mass is 203 g/mol. The predicted octanol–water partition coefficient (Wildman–Crippen LogP) is 1.08. The highest BCUT2D eigenvalue weighted by Crippen LogP contribution is 2.15. The molecular formula is C11H13N3O. The third-order valence-corrected chi connectivity index (χ3v) is 2.36. The zero-order valence-electron chi connectivity index (χ0n) is 8.60. The Bertz CT molecular complexity index is 502. The lowest BCUT2D eigenvalue weighted by atomic mass is 10.3. The average Bonchev–Trinajstić information content (AvgIpc) is 2.56. The largest absolute Gasteiger partial charge is 0.368 e. The summed E-state index contributed by atoms with van der Waals surface area (Å²) in [6, 6.07) is 7.75. The molecule has 0 aliphatic carbocycles. The number of carbonyl (C=O) groups is 1. The molecule has 4 heteroatoms. The first kappa shape index (κ1) is 9.71. The molecule has 0 radical (unpaired) electrons. The van der Waals surface area contributed by atoms with Gasteiger partial charge in [0.2, 0.25) is 5.91 Å². The number of nitrogens with two attached hydrogens (primary N) is 1. The molecule has 1 aromatic heterocycles. The second-order valence-electron chi connectivity index (χ2n) is 3.42. The number of nitrogens with zero attached hydrogens (tertiary/aromatic N) is 2. The van der Waals surface area contributed by atoms with E-state index in [9.17, 15) is 4.79 Å². The molecule has 0 bridgehead atoms. The van der Waals surface area contributed by atoms with Gasteiger partial charge in [0.05, 0.1) is 11.0 Å². The summed E-state index contributed by atoms with van der Waals surface area (Å²) in [7, 11) is 0. The highest BCUT2D eigenvalue weighted by atomic mass is 16.1. The summed E-state index contributed by atoms with van der Waals surface area (Å²) in [5, 5.41) is 0. The van der Waals surface area contributed by atoms with Gasteiger partial charge in [-0.05, 0) is 12.1 Å². The Balaban J connectivity index is 2.61. The van der Waals surface area contributed by atoms with Gasteiger partial charge in [-0.3, -0.25) is 4.79 Å². The third kappa shape index (κ3) is 1.70. The lowest BCUT2D eigenvalue weighted by Crippen LogP contribution is -2.19. The summed E-state index contributed by atoms with van der Waals surface area (Å²) in [5.74, 6) is 0.558. The van der Waals surface area contributed by atoms with Crippen LogP contribution in [0.25, 0.3) is 11.0 Å². The predicted molar refractivity (Wildman–Crippen MR) is 58.3 cm³/mol. The summed E-state index contributed by atoms with van der Waals surface area (Å²) in [5.41, 5.74) is 7.09. The number of imidazole rings is 1. The molecule has 0 saturated heterocycles. The fourth-order valence-electron chi connectivity index (χ4n) is 1.73. The van der Waals surface area contributed by atoms with Gasteiger partial charge in [-0.15, -0.1) is 0 Å². The van der Waals surface area contributed by atoms with Crippen LogP contribution in [0.15, 0.2) is 24.3 Å². The molecular weight excluding hydrogens is 190 g/mol. The fraction of sp³-hybridized carbons (Fsp3) is 0.273. The van der Waals surface area contributed by atoms with Crippen molar-refractivity contribution in [1.82, 2.24) is 9.55 Å². The number of amides is 1. The standard InChI is InChI=1S/C11H13N3O/c1-2-11-13-8-5-3-4-6-9(8)14(11)7-10(12)15/h3-6H,2,7H2,1H3,(H2,12,15). The summed E-state index contributed by atoms with van der Waals surface area (Å²) in [4.78, 5) is 15.4. The zero-order chi connectivity index (χ0) is 10.8. The molecule has 0 spiro atoms. The van der Waals surface area contributed by atoms with Crippen molar-refractivity contribution in [2.75, 3.05) is 0 Å². The van der Waals surface area contributed by atoms with Crippen LogP contribution < -0.4 is 5.73 Å². The molecule has 1 heterocycles. The van der Waals surface area contributed by atoms with Gasteiger partial charge < -0.3 is 10.3 Å². The van der Waals surface area contributed by atoms with Gasteiger partial charge in [0, 0.05) is 6.42 Å². The third-order valence-electron chi connectivity index (χ3n) is 2.36. The molecule has 15 heavy (non-hydrogen) atoms. The number of fused-ring (bicyclic) bond motifs is 1. The number of hydrogen-bond donors (Lipinski definition) is 1. The number of aryl methyl sites for hydroxylation is 1. The fourth-order valence-corrected chi connectivity index (χ4v) is 1.73. The van der Waals surface area contributed by atoms with E-state index in [2.05, 4.69) is 4.98 Å². The summed E-state index contributed by atoms with van der Waals surface area (Å²) < 4.78 is 1.87. The van der Waals surface area contributed by atoms with Crippen molar-refractivity contribution < 1.29 is 4.79 Å². The maximum atomic E-state index is 11.0. The Morgan fingerprint density at radius 1 is 1.47 bits per heavy atom. The van der Waals surface area contributed by atoms with Gasteiger partial charge in [-0.25, -0.2) is 4.98 Å². The van der Waals surface area contributed by atoms with Gasteiger partial charge in [0.25, 0.3) is 0 Å². The van der Waals surface area contributed by atoms with Crippen molar-refractivity contribution in [2.45, 2.75) is 19.9 Å². The summed E-state index contributed by atoms with van der Waals surface area (Å²) in [6.45, 7) is 2.21. The number of primary amides is 1. The molecule has 2 rings (SSSR count). The van der Waals surface area contributed by atoms with Gasteiger partial charge >= 0.3 is 0 Å². The minimum absolute atomic E-state index is 0.198. The number of aromatic nitrogens is 2. The Kier molecular flexibility index (Phi) is 2.41. The smallest absolute Gasteiger partial charge is 0.237 e. The highest BCUT2D eigenvalue weighted by molar-refractivity contribution is 5.80. The molecule has 0 saturated carbocycles. The van der Waals surface area contributed by atoms with E-state index in [1.54, 1.807) is 0 Å². The molecule has 78 valence electrons. The lowest BCUT2D eigenvalue weighted by molar-refractivity contribution is -0.118. The maximum Gasteiger partial charge on any atom is 0.237 e. The molecule has 0 atom stereocenters. The molecule has 1 amide bonds. The molecule has 4 nitrogen and oxygen atoms in total. The first-order valence-electron chi connectivity index (χ1n) is 4.95. The molecule has 0 aliphatic heterocycles. The van der Waals surface area contributed by atoms with E-state index < -0.39 is 0 Å². The molecule has 2 aromatic rings. The van der Waals surface area contributed by atoms with E-state index in [4.69, 9.17) is 5.73 Å². The van der Waals surface area contributed by atoms with Crippen molar-refractivity contribution in [3.05, 3.63) is 30.1 Å². The van der Waals surface area contributed by atoms with E-state index in [0.717, 1.165) is 23.3 Å². The minimum atomic E-state index is -0.340. The molecule has 0 unspecified atom stereocenters. The molecule has 0 aliphatic rings. The Morgan fingerprint density at radius 2 is 2.20 bits per heavy atom. The second kappa shape index (κ2) is 3.73. The topological polar surface area (TPSA) is 60.9 Å². The van der Waals surface area contributed by atoms with E-state index in [0.29, 0.717) is 0 Å². The lowest BCUT2D eigenvalue weighted by Gasteiger charge is -2.04. The number of para-hydroxylation sites is 2. The maximum absolute atomic E-state index is 11.0. The molecule has 2 N–H and O–H groups in total. The Morgan fingerprint density at radius 3 is 2.87 bits per heavy atom. The van der Waals surface area contributed by atoms with Gasteiger partial charge in [0.15, 0.2) is 0 Å². The van der Waals surface area contributed by atoms with Crippen LogP contribution in [0.3, 0.4) is 0 Å². The van der Waals surface area contributed by atoms with Crippen LogP contribution in [0.2, 0.25) is 0 Å². The van der Waals surface area contributed by atoms with Crippen molar-refractivity contribution in [3.63, 3.8) is 0 Å². The van der Waals surface area contributed by atoms with Crippen molar-refractivity contribution >= 4 is 16.9 Å². The second-order valence-corrected chi connectivity index (χ2v) is 3.42. The Hall–Kier alpha value is -1.84. The van der Waals surface area contributed by atoms with Crippen LogP contribution in [-0.4, -0.2) is 15.5 Å². The van der Waals surface area contributed by atoms with Gasteiger partial charge in [-0.1, -0.05) is 19.1 Å². The summed E-state index contributed by atoms with van der Waals surface area (Å²) in [6.07, 6.45) is 0.794. The van der Waals surface area contributed by atoms with Gasteiger partial charge in [-0.2, -0.15) is 0 Å².